The molecule has 0 aromatic heterocycles. The SMILES string of the molecule is CC1(Cc2ccc(Cl)c(Cl)c2)C(=O)Nc2ccccc21. The van der Waals surface area contributed by atoms with Gasteiger partial charge < -0.3 is 5.32 Å². The Labute approximate surface area is 127 Å². The summed E-state index contributed by atoms with van der Waals surface area (Å²) in [5.41, 5.74) is 2.33. The zero-order chi connectivity index (χ0) is 14.3. The maximum atomic E-state index is 12.3. The van der Waals surface area contributed by atoms with Crippen molar-refractivity contribution >= 4 is 34.8 Å². The van der Waals surface area contributed by atoms with Crippen molar-refractivity contribution in [2.75, 3.05) is 5.32 Å². The summed E-state index contributed by atoms with van der Waals surface area (Å²) in [7, 11) is 0. The van der Waals surface area contributed by atoms with Crippen LogP contribution >= 0.6 is 23.2 Å². The molecule has 0 radical (unpaired) electrons. The van der Waals surface area contributed by atoms with Gasteiger partial charge in [-0.15, -0.1) is 0 Å². The molecule has 2 aromatic carbocycles. The second-order valence-electron chi connectivity index (χ2n) is 5.26. The summed E-state index contributed by atoms with van der Waals surface area (Å²) in [5.74, 6) is 0.0183. The number of halogens is 2. The van der Waals surface area contributed by atoms with E-state index in [2.05, 4.69) is 5.32 Å². The lowest BCUT2D eigenvalue weighted by Gasteiger charge is -2.22. The van der Waals surface area contributed by atoms with E-state index in [0.717, 1.165) is 16.8 Å². The number of carbonyl (C=O) groups is 1. The Morgan fingerprint density at radius 2 is 1.85 bits per heavy atom. The maximum Gasteiger partial charge on any atom is 0.235 e. The van der Waals surface area contributed by atoms with E-state index in [4.69, 9.17) is 23.2 Å². The summed E-state index contributed by atoms with van der Waals surface area (Å²) in [6.45, 7) is 1.96. The smallest absolute Gasteiger partial charge is 0.235 e. The normalized spacial score (nSPS) is 20.6. The van der Waals surface area contributed by atoms with E-state index < -0.39 is 5.41 Å². The highest BCUT2D eigenvalue weighted by Gasteiger charge is 2.42. The molecule has 0 saturated heterocycles. The summed E-state index contributed by atoms with van der Waals surface area (Å²) in [5, 5.41) is 3.97. The van der Waals surface area contributed by atoms with Crippen LogP contribution in [0.4, 0.5) is 5.69 Å². The Bertz CT molecular complexity index is 699. The van der Waals surface area contributed by atoms with Crippen molar-refractivity contribution in [3.05, 3.63) is 63.6 Å². The van der Waals surface area contributed by atoms with E-state index in [1.165, 1.54) is 0 Å². The molecule has 1 aliphatic rings. The van der Waals surface area contributed by atoms with Crippen LogP contribution in [0.25, 0.3) is 0 Å². The molecule has 0 spiro atoms. The lowest BCUT2D eigenvalue weighted by molar-refractivity contribution is -0.120. The number of para-hydroxylation sites is 1. The Morgan fingerprint density at radius 3 is 2.60 bits per heavy atom. The standard InChI is InChI=1S/C16H13Cl2NO/c1-16(9-10-6-7-12(17)13(18)8-10)11-4-2-3-5-14(11)19-15(16)20/h2-8H,9H2,1H3,(H,19,20). The van der Waals surface area contributed by atoms with Crippen molar-refractivity contribution in [2.24, 2.45) is 0 Å². The molecule has 20 heavy (non-hydrogen) atoms. The van der Waals surface area contributed by atoms with E-state index in [-0.39, 0.29) is 5.91 Å². The van der Waals surface area contributed by atoms with Crippen LogP contribution in [0.5, 0.6) is 0 Å². The third-order valence-electron chi connectivity index (χ3n) is 3.81. The topological polar surface area (TPSA) is 29.1 Å². The number of rotatable bonds is 2. The van der Waals surface area contributed by atoms with Crippen molar-refractivity contribution in [1.29, 1.82) is 0 Å². The zero-order valence-electron chi connectivity index (χ0n) is 10.9. The van der Waals surface area contributed by atoms with Gasteiger partial charge in [0.2, 0.25) is 5.91 Å². The molecule has 0 saturated carbocycles. The second kappa shape index (κ2) is 4.80. The van der Waals surface area contributed by atoms with E-state index in [1.54, 1.807) is 6.07 Å². The Kier molecular flexibility index (Phi) is 3.23. The van der Waals surface area contributed by atoms with E-state index >= 15 is 0 Å². The first-order chi connectivity index (χ1) is 9.50. The third kappa shape index (κ3) is 2.09. The van der Waals surface area contributed by atoms with Gasteiger partial charge in [-0.2, -0.15) is 0 Å². The molecule has 1 unspecified atom stereocenters. The molecule has 0 aliphatic carbocycles. The lowest BCUT2D eigenvalue weighted by Crippen LogP contribution is -2.33. The van der Waals surface area contributed by atoms with Gasteiger partial charge in [-0.05, 0) is 42.7 Å². The molecule has 0 bridgehead atoms. The van der Waals surface area contributed by atoms with Crippen molar-refractivity contribution in [3.8, 4) is 0 Å². The van der Waals surface area contributed by atoms with Crippen LogP contribution in [0.1, 0.15) is 18.1 Å². The van der Waals surface area contributed by atoms with Crippen LogP contribution in [0.3, 0.4) is 0 Å². The first-order valence-corrected chi connectivity index (χ1v) is 7.11. The van der Waals surface area contributed by atoms with Crippen LogP contribution in [0.15, 0.2) is 42.5 Å². The van der Waals surface area contributed by atoms with Gasteiger partial charge in [-0.3, -0.25) is 4.79 Å². The van der Waals surface area contributed by atoms with Crippen LogP contribution < -0.4 is 5.32 Å². The molecule has 1 amide bonds. The van der Waals surface area contributed by atoms with Crippen molar-refractivity contribution < 1.29 is 4.79 Å². The molecule has 3 rings (SSSR count). The largest absolute Gasteiger partial charge is 0.325 e. The van der Waals surface area contributed by atoms with Crippen LogP contribution in [0.2, 0.25) is 10.0 Å². The second-order valence-corrected chi connectivity index (χ2v) is 6.07. The van der Waals surface area contributed by atoms with Crippen LogP contribution in [-0.2, 0) is 16.6 Å². The van der Waals surface area contributed by atoms with E-state index in [1.807, 2.05) is 43.3 Å². The van der Waals surface area contributed by atoms with Gasteiger partial charge in [-0.1, -0.05) is 47.5 Å². The van der Waals surface area contributed by atoms with Crippen molar-refractivity contribution in [2.45, 2.75) is 18.8 Å². The highest BCUT2D eigenvalue weighted by atomic mass is 35.5. The molecule has 4 heteroatoms. The van der Waals surface area contributed by atoms with Crippen LogP contribution in [0, 0.1) is 0 Å². The minimum absolute atomic E-state index is 0.0183. The molecule has 102 valence electrons. The van der Waals surface area contributed by atoms with E-state index in [9.17, 15) is 4.79 Å². The third-order valence-corrected chi connectivity index (χ3v) is 4.55. The van der Waals surface area contributed by atoms with Gasteiger partial charge in [0.15, 0.2) is 0 Å². The van der Waals surface area contributed by atoms with Gasteiger partial charge in [0, 0.05) is 5.69 Å². The zero-order valence-corrected chi connectivity index (χ0v) is 12.4. The molecule has 1 N–H and O–H groups in total. The molecular weight excluding hydrogens is 293 g/mol. The summed E-state index contributed by atoms with van der Waals surface area (Å²) in [6, 6.07) is 13.3. The first-order valence-electron chi connectivity index (χ1n) is 6.35. The molecule has 2 nitrogen and oxygen atoms in total. The number of nitrogens with one attached hydrogen (secondary N) is 1. The highest BCUT2D eigenvalue weighted by molar-refractivity contribution is 6.42. The first kappa shape index (κ1) is 13.5. The summed E-state index contributed by atoms with van der Waals surface area (Å²) in [6.07, 6.45) is 0.590. The minimum Gasteiger partial charge on any atom is -0.325 e. The fourth-order valence-corrected chi connectivity index (χ4v) is 3.01. The highest BCUT2D eigenvalue weighted by Crippen LogP contribution is 2.40. The molecule has 1 atom stereocenters. The van der Waals surface area contributed by atoms with Gasteiger partial charge in [0.25, 0.3) is 0 Å². The van der Waals surface area contributed by atoms with Gasteiger partial charge >= 0.3 is 0 Å². The Hall–Kier alpha value is -1.51. The summed E-state index contributed by atoms with van der Waals surface area (Å²) >= 11 is 12.0. The number of carbonyl (C=O) groups excluding carboxylic acids is 1. The molecule has 1 heterocycles. The monoisotopic (exact) mass is 305 g/mol. The summed E-state index contributed by atoms with van der Waals surface area (Å²) < 4.78 is 0. The number of hydrogen-bond donors (Lipinski definition) is 1. The molecular formula is C16H13Cl2NO. The van der Waals surface area contributed by atoms with Gasteiger partial charge in [0.05, 0.1) is 15.5 Å². The lowest BCUT2D eigenvalue weighted by atomic mass is 9.78. The number of benzene rings is 2. The van der Waals surface area contributed by atoms with Crippen molar-refractivity contribution in [1.82, 2.24) is 0 Å². The minimum atomic E-state index is -0.576. The maximum absolute atomic E-state index is 12.3. The molecule has 2 aromatic rings. The fourth-order valence-electron chi connectivity index (χ4n) is 2.69. The average molecular weight is 306 g/mol. The van der Waals surface area contributed by atoms with Crippen molar-refractivity contribution in [3.63, 3.8) is 0 Å². The predicted molar refractivity (Wildman–Crippen MR) is 82.6 cm³/mol. The molecule has 1 aliphatic heterocycles. The average Bonchev–Trinajstić information content (AvgIpc) is 2.67. The van der Waals surface area contributed by atoms with E-state index in [0.29, 0.717) is 16.5 Å². The van der Waals surface area contributed by atoms with Gasteiger partial charge in [0.1, 0.15) is 0 Å². The Balaban J connectivity index is 2.00. The fraction of sp³-hybridized carbons (Fsp3) is 0.188. The quantitative estimate of drug-likeness (QED) is 0.873. The van der Waals surface area contributed by atoms with Gasteiger partial charge in [-0.25, -0.2) is 0 Å². The number of amides is 1. The summed E-state index contributed by atoms with van der Waals surface area (Å²) in [4.78, 5) is 12.3. The Morgan fingerprint density at radius 1 is 1.10 bits per heavy atom. The number of fused-ring (bicyclic) bond motifs is 1. The number of anilines is 1. The number of hydrogen-bond acceptors (Lipinski definition) is 1. The van der Waals surface area contributed by atoms with Crippen LogP contribution in [-0.4, -0.2) is 5.91 Å². The predicted octanol–water partition coefficient (Wildman–Crippen LogP) is 4.45. The molecule has 0 fully saturated rings.